The molecule has 0 aliphatic carbocycles. The Bertz CT molecular complexity index is 447. The van der Waals surface area contributed by atoms with E-state index in [1.54, 1.807) is 10.9 Å². The highest BCUT2D eigenvalue weighted by Gasteiger charge is 2.35. The van der Waals surface area contributed by atoms with E-state index in [9.17, 15) is 4.79 Å². The van der Waals surface area contributed by atoms with E-state index in [-0.39, 0.29) is 42.2 Å². The summed E-state index contributed by atoms with van der Waals surface area (Å²) in [6.07, 6.45) is 4.95. The first kappa shape index (κ1) is 19.2. The van der Waals surface area contributed by atoms with Crippen molar-refractivity contribution >= 4 is 30.7 Å². The topological polar surface area (TPSA) is 64.2 Å². The standard InChI is InChI=1S/C13H22N4O.2ClH/c1-13(2)9-17(5-4-11(13)14)12(18)6-10-7-15-16(3)8-10;;/h7-8,11H,4-6,9,14H2,1-3H3;2*1H. The first-order chi connectivity index (χ1) is 8.38. The molecule has 2 N–H and O–H groups in total. The minimum atomic E-state index is 0. The van der Waals surface area contributed by atoms with Crippen LogP contribution in [-0.2, 0) is 18.3 Å². The Morgan fingerprint density at radius 3 is 2.65 bits per heavy atom. The zero-order valence-corrected chi connectivity index (χ0v) is 13.8. The van der Waals surface area contributed by atoms with Gasteiger partial charge in [0, 0.05) is 32.4 Å². The zero-order chi connectivity index (χ0) is 13.3. The van der Waals surface area contributed by atoms with Gasteiger partial charge in [0.1, 0.15) is 0 Å². The first-order valence-corrected chi connectivity index (χ1v) is 6.39. The Morgan fingerprint density at radius 2 is 2.15 bits per heavy atom. The first-order valence-electron chi connectivity index (χ1n) is 6.39. The maximum absolute atomic E-state index is 12.2. The van der Waals surface area contributed by atoms with Crippen LogP contribution in [-0.4, -0.2) is 39.7 Å². The Labute approximate surface area is 132 Å². The predicted molar refractivity (Wildman–Crippen MR) is 84.4 cm³/mol. The second-order valence-electron chi connectivity index (χ2n) is 5.90. The summed E-state index contributed by atoms with van der Waals surface area (Å²) >= 11 is 0. The average Bonchev–Trinajstić information content (AvgIpc) is 2.68. The summed E-state index contributed by atoms with van der Waals surface area (Å²) in [6, 6.07) is 0.181. The van der Waals surface area contributed by atoms with Gasteiger partial charge >= 0.3 is 0 Å². The van der Waals surface area contributed by atoms with Crippen molar-refractivity contribution in [1.82, 2.24) is 14.7 Å². The number of piperidine rings is 1. The van der Waals surface area contributed by atoms with Gasteiger partial charge in [0.25, 0.3) is 0 Å². The molecule has 0 radical (unpaired) electrons. The van der Waals surface area contributed by atoms with Crippen molar-refractivity contribution in [2.24, 2.45) is 18.2 Å². The Balaban J connectivity index is 0.00000180. The van der Waals surface area contributed by atoms with Gasteiger partial charge in [-0.2, -0.15) is 5.10 Å². The van der Waals surface area contributed by atoms with Gasteiger partial charge in [-0.05, 0) is 17.4 Å². The summed E-state index contributed by atoms with van der Waals surface area (Å²) in [6.45, 7) is 5.76. The Kier molecular flexibility index (Phi) is 7.01. The van der Waals surface area contributed by atoms with Crippen LogP contribution >= 0.6 is 24.8 Å². The molecule has 1 atom stereocenters. The molecular weight excluding hydrogens is 299 g/mol. The fourth-order valence-corrected chi connectivity index (χ4v) is 2.44. The van der Waals surface area contributed by atoms with Crippen LogP contribution in [0, 0.1) is 5.41 Å². The van der Waals surface area contributed by atoms with E-state index in [0.29, 0.717) is 6.42 Å². The number of hydrogen-bond donors (Lipinski definition) is 1. The van der Waals surface area contributed by atoms with Crippen LogP contribution in [0.3, 0.4) is 0 Å². The van der Waals surface area contributed by atoms with E-state index in [2.05, 4.69) is 18.9 Å². The van der Waals surface area contributed by atoms with Crippen LogP contribution in [0.4, 0.5) is 0 Å². The van der Waals surface area contributed by atoms with Crippen LogP contribution < -0.4 is 5.73 Å². The summed E-state index contributed by atoms with van der Waals surface area (Å²) in [5.74, 6) is 0.169. The number of aryl methyl sites for hydroxylation is 1. The lowest BCUT2D eigenvalue weighted by Gasteiger charge is -2.42. The Hall–Kier alpha value is -0.780. The molecule has 2 rings (SSSR count). The van der Waals surface area contributed by atoms with E-state index < -0.39 is 0 Å². The highest BCUT2D eigenvalue weighted by Crippen LogP contribution is 2.27. The maximum atomic E-state index is 12.2. The fraction of sp³-hybridized carbons (Fsp3) is 0.692. The van der Waals surface area contributed by atoms with E-state index in [1.165, 1.54) is 0 Å². The number of likely N-dealkylation sites (tertiary alicyclic amines) is 1. The van der Waals surface area contributed by atoms with Gasteiger partial charge in [0.2, 0.25) is 5.91 Å². The predicted octanol–water partition coefficient (Wildman–Crippen LogP) is 1.39. The number of rotatable bonds is 2. The van der Waals surface area contributed by atoms with E-state index in [0.717, 1.165) is 25.1 Å². The van der Waals surface area contributed by atoms with Crippen molar-refractivity contribution in [2.45, 2.75) is 32.7 Å². The normalized spacial score (nSPS) is 20.8. The molecule has 1 aliphatic heterocycles. The van der Waals surface area contributed by atoms with E-state index >= 15 is 0 Å². The molecule has 116 valence electrons. The number of hydrogen-bond acceptors (Lipinski definition) is 3. The molecule has 1 aliphatic rings. The molecule has 5 nitrogen and oxygen atoms in total. The molecule has 1 fully saturated rings. The molecule has 0 aromatic carbocycles. The minimum absolute atomic E-state index is 0. The van der Waals surface area contributed by atoms with Crippen molar-refractivity contribution in [3.63, 3.8) is 0 Å². The quantitative estimate of drug-likeness (QED) is 0.895. The monoisotopic (exact) mass is 322 g/mol. The van der Waals surface area contributed by atoms with Gasteiger partial charge in [0.05, 0.1) is 12.6 Å². The van der Waals surface area contributed by atoms with Gasteiger partial charge in [-0.25, -0.2) is 0 Å². The maximum Gasteiger partial charge on any atom is 0.227 e. The van der Waals surface area contributed by atoms with Crippen molar-refractivity contribution in [1.29, 1.82) is 0 Å². The van der Waals surface area contributed by atoms with E-state index in [1.807, 2.05) is 18.1 Å². The van der Waals surface area contributed by atoms with Gasteiger partial charge in [-0.1, -0.05) is 13.8 Å². The lowest BCUT2D eigenvalue weighted by Crippen LogP contribution is -2.54. The highest BCUT2D eigenvalue weighted by atomic mass is 35.5. The summed E-state index contributed by atoms with van der Waals surface area (Å²) in [5, 5.41) is 4.08. The molecule has 1 aromatic heterocycles. The molecule has 7 heteroatoms. The third-order valence-electron chi connectivity index (χ3n) is 3.78. The van der Waals surface area contributed by atoms with Crippen molar-refractivity contribution in [3.05, 3.63) is 18.0 Å². The average molecular weight is 323 g/mol. The van der Waals surface area contributed by atoms with Gasteiger partial charge in [-0.3, -0.25) is 9.48 Å². The fourth-order valence-electron chi connectivity index (χ4n) is 2.44. The molecular formula is C13H24Cl2N4O. The van der Waals surface area contributed by atoms with Crippen molar-refractivity contribution in [2.75, 3.05) is 13.1 Å². The lowest BCUT2D eigenvalue weighted by molar-refractivity contribution is -0.133. The van der Waals surface area contributed by atoms with Gasteiger partial charge in [-0.15, -0.1) is 24.8 Å². The zero-order valence-electron chi connectivity index (χ0n) is 12.2. The number of aromatic nitrogens is 2. The highest BCUT2D eigenvalue weighted by molar-refractivity contribution is 5.85. The third-order valence-corrected chi connectivity index (χ3v) is 3.78. The number of nitrogens with two attached hydrogens (primary N) is 1. The smallest absolute Gasteiger partial charge is 0.227 e. The number of halogens is 2. The number of carbonyl (C=O) groups is 1. The molecule has 2 heterocycles. The number of carbonyl (C=O) groups excluding carboxylic acids is 1. The van der Waals surface area contributed by atoms with Crippen LogP contribution in [0.1, 0.15) is 25.8 Å². The van der Waals surface area contributed by atoms with E-state index in [4.69, 9.17) is 5.73 Å². The van der Waals surface area contributed by atoms with Crippen LogP contribution in [0.25, 0.3) is 0 Å². The summed E-state index contributed by atoms with van der Waals surface area (Å²) in [4.78, 5) is 14.1. The Morgan fingerprint density at radius 1 is 1.50 bits per heavy atom. The molecule has 0 spiro atoms. The van der Waals surface area contributed by atoms with Gasteiger partial charge < -0.3 is 10.6 Å². The molecule has 1 aromatic rings. The largest absolute Gasteiger partial charge is 0.342 e. The lowest BCUT2D eigenvalue weighted by atomic mass is 9.79. The van der Waals surface area contributed by atoms with Crippen molar-refractivity contribution in [3.8, 4) is 0 Å². The molecule has 1 amide bonds. The minimum Gasteiger partial charge on any atom is -0.342 e. The van der Waals surface area contributed by atoms with Crippen LogP contribution in [0.2, 0.25) is 0 Å². The van der Waals surface area contributed by atoms with Gasteiger partial charge in [0.15, 0.2) is 0 Å². The molecule has 0 saturated carbocycles. The molecule has 1 unspecified atom stereocenters. The van der Waals surface area contributed by atoms with Crippen LogP contribution in [0.5, 0.6) is 0 Å². The summed E-state index contributed by atoms with van der Waals surface area (Å²) in [7, 11) is 1.86. The summed E-state index contributed by atoms with van der Waals surface area (Å²) in [5.41, 5.74) is 7.05. The third kappa shape index (κ3) is 4.36. The second kappa shape index (κ2) is 7.29. The van der Waals surface area contributed by atoms with Crippen LogP contribution in [0.15, 0.2) is 12.4 Å². The summed E-state index contributed by atoms with van der Waals surface area (Å²) < 4.78 is 1.72. The molecule has 1 saturated heterocycles. The second-order valence-corrected chi connectivity index (χ2v) is 5.90. The number of nitrogens with zero attached hydrogens (tertiary/aromatic N) is 3. The molecule has 20 heavy (non-hydrogen) atoms. The van der Waals surface area contributed by atoms with Crippen molar-refractivity contribution < 1.29 is 4.79 Å². The number of amides is 1. The molecule has 0 bridgehead atoms. The SMILES string of the molecule is Cl.Cl.Cn1cc(CC(=O)N2CCC(N)C(C)(C)C2)cn1.